The van der Waals surface area contributed by atoms with Crippen LogP contribution in [0, 0.1) is 6.92 Å². The quantitative estimate of drug-likeness (QED) is 0.805. The van der Waals surface area contributed by atoms with Gasteiger partial charge < -0.3 is 9.32 Å². The van der Waals surface area contributed by atoms with Gasteiger partial charge >= 0.3 is 0 Å². The summed E-state index contributed by atoms with van der Waals surface area (Å²) in [4.78, 5) is 15.8. The molecule has 0 spiro atoms. The zero-order valence-corrected chi connectivity index (χ0v) is 15.0. The van der Waals surface area contributed by atoms with Crippen molar-refractivity contribution in [1.82, 2.24) is 14.5 Å². The number of carbonyl (C=O) groups excluding carboxylic acids is 1. The van der Waals surface area contributed by atoms with E-state index in [1.807, 2.05) is 24.0 Å². The summed E-state index contributed by atoms with van der Waals surface area (Å²) in [7, 11) is -3.29. The minimum absolute atomic E-state index is 0.0114. The molecule has 7 nitrogen and oxygen atoms in total. The summed E-state index contributed by atoms with van der Waals surface area (Å²) >= 11 is 0. The lowest BCUT2D eigenvalue weighted by molar-refractivity contribution is -0.127. The fourth-order valence-electron chi connectivity index (χ4n) is 3.61. The highest BCUT2D eigenvalue weighted by Crippen LogP contribution is 2.29. The number of furan rings is 1. The molecule has 134 valence electrons. The molecule has 0 bridgehead atoms. The number of nitrogens with one attached hydrogen (secondary N) is 1. The monoisotopic (exact) mass is 355 g/mol. The third-order valence-electron chi connectivity index (χ3n) is 4.75. The van der Waals surface area contributed by atoms with Crippen molar-refractivity contribution in [3.63, 3.8) is 0 Å². The Kier molecular flexibility index (Phi) is 4.98. The second kappa shape index (κ2) is 6.85. The average molecular weight is 355 g/mol. The molecule has 0 saturated carbocycles. The van der Waals surface area contributed by atoms with Crippen molar-refractivity contribution in [2.24, 2.45) is 0 Å². The van der Waals surface area contributed by atoms with Crippen LogP contribution in [0.4, 0.5) is 0 Å². The second-order valence-corrected chi connectivity index (χ2v) is 8.58. The Morgan fingerprint density at radius 3 is 2.67 bits per heavy atom. The van der Waals surface area contributed by atoms with Crippen LogP contribution in [-0.4, -0.2) is 69.1 Å². The molecule has 2 fully saturated rings. The van der Waals surface area contributed by atoms with Crippen LogP contribution in [0.3, 0.4) is 0 Å². The van der Waals surface area contributed by atoms with Crippen molar-refractivity contribution < 1.29 is 17.6 Å². The highest BCUT2D eigenvalue weighted by molar-refractivity contribution is 7.88. The van der Waals surface area contributed by atoms with E-state index in [0.29, 0.717) is 19.5 Å². The van der Waals surface area contributed by atoms with E-state index in [1.54, 1.807) is 0 Å². The number of likely N-dealkylation sites (tertiary alicyclic amines) is 2. The van der Waals surface area contributed by atoms with Crippen molar-refractivity contribution >= 4 is 15.9 Å². The van der Waals surface area contributed by atoms with E-state index in [-0.39, 0.29) is 17.9 Å². The number of aryl methyl sites for hydroxylation is 1. The SMILES string of the molecule is Cc1ccc([C@@H]2CN(CCN3CCCC3=O)C[C@H]2NS(C)(=O)=O)o1. The molecule has 8 heteroatoms. The Hall–Kier alpha value is -1.38. The van der Waals surface area contributed by atoms with Crippen LogP contribution in [0.15, 0.2) is 16.5 Å². The van der Waals surface area contributed by atoms with Gasteiger partial charge in [0, 0.05) is 51.1 Å². The molecule has 2 aliphatic heterocycles. The number of hydrogen-bond acceptors (Lipinski definition) is 5. The molecule has 3 heterocycles. The van der Waals surface area contributed by atoms with Crippen LogP contribution in [0.2, 0.25) is 0 Å². The molecule has 1 aromatic heterocycles. The highest BCUT2D eigenvalue weighted by Gasteiger charge is 2.37. The van der Waals surface area contributed by atoms with E-state index in [0.717, 1.165) is 37.6 Å². The number of rotatable bonds is 6. The van der Waals surface area contributed by atoms with Crippen LogP contribution >= 0.6 is 0 Å². The first-order valence-corrected chi connectivity index (χ1v) is 10.2. The summed E-state index contributed by atoms with van der Waals surface area (Å²) < 4.78 is 31.8. The third kappa shape index (κ3) is 4.17. The maximum absolute atomic E-state index is 11.7. The first-order valence-electron chi connectivity index (χ1n) is 8.35. The summed E-state index contributed by atoms with van der Waals surface area (Å²) in [6.07, 6.45) is 2.76. The normalized spacial score (nSPS) is 25.8. The number of carbonyl (C=O) groups is 1. The Labute approximate surface area is 143 Å². The standard InChI is InChI=1S/C16H25N3O4S/c1-12-5-6-15(23-12)13-10-18(11-14(13)17-24(2,21)22)8-9-19-7-3-4-16(19)20/h5-6,13-14,17H,3-4,7-11H2,1-2H3/t13-,14-/m1/s1. The van der Waals surface area contributed by atoms with E-state index < -0.39 is 10.0 Å². The first-order chi connectivity index (χ1) is 11.3. The Morgan fingerprint density at radius 2 is 2.08 bits per heavy atom. The number of amides is 1. The van der Waals surface area contributed by atoms with E-state index in [9.17, 15) is 13.2 Å². The summed E-state index contributed by atoms with van der Waals surface area (Å²) in [5.41, 5.74) is 0. The Balaban J connectivity index is 1.66. The fraction of sp³-hybridized carbons (Fsp3) is 0.688. The van der Waals surface area contributed by atoms with Gasteiger partial charge in [-0.25, -0.2) is 13.1 Å². The average Bonchev–Trinajstić information content (AvgIpc) is 3.16. The van der Waals surface area contributed by atoms with Gasteiger partial charge in [-0.1, -0.05) is 0 Å². The zero-order chi connectivity index (χ0) is 17.3. The molecular weight excluding hydrogens is 330 g/mol. The largest absolute Gasteiger partial charge is 0.466 e. The van der Waals surface area contributed by atoms with E-state index in [4.69, 9.17) is 4.42 Å². The van der Waals surface area contributed by atoms with Gasteiger partial charge in [0.25, 0.3) is 0 Å². The van der Waals surface area contributed by atoms with Gasteiger partial charge in [-0.2, -0.15) is 0 Å². The Bertz CT molecular complexity index is 700. The summed E-state index contributed by atoms with van der Waals surface area (Å²) in [5, 5.41) is 0. The predicted molar refractivity (Wildman–Crippen MR) is 90.2 cm³/mol. The van der Waals surface area contributed by atoms with Crippen LogP contribution in [0.1, 0.15) is 30.3 Å². The van der Waals surface area contributed by atoms with Gasteiger partial charge in [0.1, 0.15) is 11.5 Å². The molecule has 3 rings (SSSR count). The predicted octanol–water partition coefficient (Wildman–Crippen LogP) is 0.527. The van der Waals surface area contributed by atoms with Crippen molar-refractivity contribution in [3.8, 4) is 0 Å². The van der Waals surface area contributed by atoms with E-state index >= 15 is 0 Å². The topological polar surface area (TPSA) is 82.9 Å². The molecule has 0 aliphatic carbocycles. The van der Waals surface area contributed by atoms with Gasteiger partial charge in [-0.15, -0.1) is 0 Å². The van der Waals surface area contributed by atoms with Crippen LogP contribution < -0.4 is 4.72 Å². The maximum Gasteiger partial charge on any atom is 0.222 e. The van der Waals surface area contributed by atoms with Gasteiger partial charge in [0.2, 0.25) is 15.9 Å². The van der Waals surface area contributed by atoms with Crippen molar-refractivity contribution in [1.29, 1.82) is 0 Å². The van der Waals surface area contributed by atoms with Gasteiger partial charge in [-0.3, -0.25) is 9.69 Å². The molecule has 2 saturated heterocycles. The maximum atomic E-state index is 11.7. The lowest BCUT2D eigenvalue weighted by Crippen LogP contribution is -2.40. The molecule has 0 unspecified atom stereocenters. The number of hydrogen-bond donors (Lipinski definition) is 1. The molecule has 1 aromatic rings. The van der Waals surface area contributed by atoms with Crippen LogP contribution in [0.25, 0.3) is 0 Å². The van der Waals surface area contributed by atoms with Crippen molar-refractivity contribution in [2.75, 3.05) is 39.0 Å². The summed E-state index contributed by atoms with van der Waals surface area (Å²) in [5.74, 6) is 1.85. The fourth-order valence-corrected chi connectivity index (χ4v) is 4.39. The number of nitrogens with zero attached hydrogens (tertiary/aromatic N) is 2. The molecule has 2 aliphatic rings. The van der Waals surface area contributed by atoms with Crippen molar-refractivity contribution in [3.05, 3.63) is 23.7 Å². The summed E-state index contributed by atoms with van der Waals surface area (Å²) in [6, 6.07) is 3.61. The van der Waals surface area contributed by atoms with Gasteiger partial charge in [-0.05, 0) is 25.5 Å². The number of sulfonamides is 1. The van der Waals surface area contributed by atoms with Gasteiger partial charge in [0.05, 0.1) is 6.26 Å². The summed E-state index contributed by atoms with van der Waals surface area (Å²) in [6.45, 7) is 5.52. The zero-order valence-electron chi connectivity index (χ0n) is 14.2. The minimum Gasteiger partial charge on any atom is -0.466 e. The van der Waals surface area contributed by atoms with E-state index in [1.165, 1.54) is 6.26 Å². The lowest BCUT2D eigenvalue weighted by Gasteiger charge is -2.21. The third-order valence-corrected chi connectivity index (χ3v) is 5.48. The molecule has 24 heavy (non-hydrogen) atoms. The molecule has 0 aromatic carbocycles. The smallest absolute Gasteiger partial charge is 0.222 e. The molecule has 1 N–H and O–H groups in total. The molecule has 1 amide bonds. The van der Waals surface area contributed by atoms with Crippen molar-refractivity contribution in [2.45, 2.75) is 31.7 Å². The van der Waals surface area contributed by atoms with Crippen LogP contribution in [-0.2, 0) is 14.8 Å². The van der Waals surface area contributed by atoms with E-state index in [2.05, 4.69) is 9.62 Å². The highest BCUT2D eigenvalue weighted by atomic mass is 32.2. The molecule has 0 radical (unpaired) electrons. The first kappa shape index (κ1) is 17.4. The lowest BCUT2D eigenvalue weighted by atomic mass is 10.0. The minimum atomic E-state index is -3.29. The molecule has 2 atom stereocenters. The Morgan fingerprint density at radius 1 is 1.29 bits per heavy atom. The van der Waals surface area contributed by atoms with Gasteiger partial charge in [0.15, 0.2) is 0 Å². The second-order valence-electron chi connectivity index (χ2n) is 6.80. The molecular formula is C16H25N3O4S. The van der Waals surface area contributed by atoms with Crippen LogP contribution in [0.5, 0.6) is 0 Å².